The van der Waals surface area contributed by atoms with Gasteiger partial charge in [0, 0.05) is 38.5 Å². The molecule has 0 N–H and O–H groups in total. The van der Waals surface area contributed by atoms with Crippen molar-refractivity contribution in [1.82, 2.24) is 14.5 Å². The van der Waals surface area contributed by atoms with Gasteiger partial charge in [-0.25, -0.2) is 9.97 Å². The monoisotopic (exact) mass is 699 g/mol. The minimum absolute atomic E-state index is 0.704. The normalized spacial score (nSPS) is 11.6. The number of rotatable bonds is 5. The third-order valence-electron chi connectivity index (χ3n) is 11.0. The molecule has 3 nitrogen and oxygen atoms in total. The van der Waals surface area contributed by atoms with Crippen molar-refractivity contribution in [3.63, 3.8) is 0 Å². The van der Waals surface area contributed by atoms with Crippen LogP contribution in [-0.2, 0) is 0 Å². The predicted octanol–water partition coefficient (Wildman–Crippen LogP) is 13.7. The highest BCUT2D eigenvalue weighted by Gasteiger charge is 2.20. The van der Waals surface area contributed by atoms with Crippen molar-refractivity contribution in [2.24, 2.45) is 0 Å². The molecule has 0 unspecified atom stereocenters. The van der Waals surface area contributed by atoms with E-state index in [2.05, 4.69) is 187 Å². The summed E-state index contributed by atoms with van der Waals surface area (Å²) in [7, 11) is 0. The summed E-state index contributed by atoms with van der Waals surface area (Å²) in [6.45, 7) is 0. The molecule has 0 atom stereocenters. The van der Waals surface area contributed by atoms with Crippen LogP contribution in [0.25, 0.3) is 105 Å². The van der Waals surface area contributed by atoms with Gasteiger partial charge in [-0.2, -0.15) is 0 Å². The molecule has 0 amide bonds. The lowest BCUT2D eigenvalue weighted by Crippen LogP contribution is -1.97. The van der Waals surface area contributed by atoms with E-state index >= 15 is 0 Å². The summed E-state index contributed by atoms with van der Waals surface area (Å²) in [5.74, 6) is 0.704. The Hall–Kier alpha value is -7.36. The average Bonchev–Trinajstić information content (AvgIpc) is 3.62. The zero-order valence-electron chi connectivity index (χ0n) is 29.9. The highest BCUT2D eigenvalue weighted by molar-refractivity contribution is 6.36. The van der Waals surface area contributed by atoms with Gasteiger partial charge in [-0.3, -0.25) is 0 Å². The Kier molecular flexibility index (Phi) is 7.17. The SMILES string of the molecule is c1ccc(-c2cccc(-c3cc(-c4ccc(-n5c6ccccc6c6c7ccc8ccccc8c7c7ccccc7c65)cc4)nc(-c4ccccc4)n3)c2)cc1. The van der Waals surface area contributed by atoms with Crippen molar-refractivity contribution < 1.29 is 0 Å². The summed E-state index contributed by atoms with van der Waals surface area (Å²) in [4.78, 5) is 10.3. The highest BCUT2D eigenvalue weighted by Crippen LogP contribution is 2.44. The number of nitrogens with zero attached hydrogens (tertiary/aromatic N) is 3. The molecule has 0 spiro atoms. The van der Waals surface area contributed by atoms with Crippen LogP contribution in [0.2, 0.25) is 0 Å². The molecule has 2 heterocycles. The van der Waals surface area contributed by atoms with Crippen molar-refractivity contribution in [3.05, 3.63) is 200 Å². The van der Waals surface area contributed by atoms with Crippen LogP contribution >= 0.6 is 0 Å². The Morgan fingerprint density at radius 3 is 1.71 bits per heavy atom. The van der Waals surface area contributed by atoms with Crippen molar-refractivity contribution >= 4 is 54.1 Å². The number of benzene rings is 9. The van der Waals surface area contributed by atoms with Gasteiger partial charge >= 0.3 is 0 Å². The number of fused-ring (bicyclic) bond motifs is 10. The molecular formula is C52H33N3. The number of aromatic nitrogens is 3. The lowest BCUT2D eigenvalue weighted by molar-refractivity contribution is 1.17. The predicted molar refractivity (Wildman–Crippen MR) is 231 cm³/mol. The van der Waals surface area contributed by atoms with Crippen LogP contribution in [0.1, 0.15) is 0 Å². The van der Waals surface area contributed by atoms with E-state index in [0.717, 1.165) is 39.3 Å². The molecule has 0 radical (unpaired) electrons. The lowest BCUT2D eigenvalue weighted by atomic mass is 9.93. The van der Waals surface area contributed by atoms with Gasteiger partial charge in [0.1, 0.15) is 0 Å². The van der Waals surface area contributed by atoms with Gasteiger partial charge in [0.2, 0.25) is 0 Å². The van der Waals surface area contributed by atoms with E-state index in [0.29, 0.717) is 5.82 Å². The Labute approximate surface area is 318 Å². The van der Waals surface area contributed by atoms with Crippen LogP contribution in [-0.4, -0.2) is 14.5 Å². The van der Waals surface area contributed by atoms with E-state index in [4.69, 9.17) is 9.97 Å². The molecular weight excluding hydrogens is 667 g/mol. The van der Waals surface area contributed by atoms with E-state index in [9.17, 15) is 0 Å². The fourth-order valence-corrected chi connectivity index (χ4v) is 8.44. The third kappa shape index (κ3) is 5.13. The Morgan fingerprint density at radius 2 is 0.927 bits per heavy atom. The second-order valence-corrected chi connectivity index (χ2v) is 14.2. The smallest absolute Gasteiger partial charge is 0.160 e. The Morgan fingerprint density at radius 1 is 0.327 bits per heavy atom. The minimum Gasteiger partial charge on any atom is -0.309 e. The third-order valence-corrected chi connectivity index (χ3v) is 11.0. The van der Waals surface area contributed by atoms with Crippen LogP contribution < -0.4 is 0 Å². The van der Waals surface area contributed by atoms with E-state index in [1.165, 1.54) is 59.7 Å². The molecule has 0 fully saturated rings. The summed E-state index contributed by atoms with van der Waals surface area (Å²) in [6.07, 6.45) is 0. The second-order valence-electron chi connectivity index (χ2n) is 14.2. The van der Waals surface area contributed by atoms with E-state index in [1.807, 2.05) is 18.2 Å². The summed E-state index contributed by atoms with van der Waals surface area (Å²) in [5, 5.41) is 10.2. The Bertz CT molecular complexity index is 3230. The van der Waals surface area contributed by atoms with Crippen LogP contribution in [0.3, 0.4) is 0 Å². The average molecular weight is 700 g/mol. The first-order valence-corrected chi connectivity index (χ1v) is 18.7. The molecule has 11 rings (SSSR count). The Balaban J connectivity index is 1.10. The molecule has 55 heavy (non-hydrogen) atoms. The summed E-state index contributed by atoms with van der Waals surface area (Å²) in [6, 6.07) is 71.4. The fourth-order valence-electron chi connectivity index (χ4n) is 8.44. The molecule has 0 saturated heterocycles. The molecule has 11 aromatic rings. The topological polar surface area (TPSA) is 30.7 Å². The van der Waals surface area contributed by atoms with E-state index < -0.39 is 0 Å². The molecule has 2 aromatic heterocycles. The molecule has 9 aromatic carbocycles. The van der Waals surface area contributed by atoms with Crippen LogP contribution in [0, 0.1) is 0 Å². The zero-order valence-corrected chi connectivity index (χ0v) is 29.9. The fraction of sp³-hybridized carbons (Fsp3) is 0. The first kappa shape index (κ1) is 31.2. The zero-order chi connectivity index (χ0) is 36.3. The molecule has 0 aliphatic rings. The first-order chi connectivity index (χ1) is 27.3. The number of hydrogen-bond acceptors (Lipinski definition) is 2. The van der Waals surface area contributed by atoms with Gasteiger partial charge in [-0.05, 0) is 68.4 Å². The van der Waals surface area contributed by atoms with Gasteiger partial charge < -0.3 is 4.57 Å². The van der Waals surface area contributed by atoms with Gasteiger partial charge in [0.15, 0.2) is 5.82 Å². The maximum atomic E-state index is 5.15. The van der Waals surface area contributed by atoms with Crippen LogP contribution in [0.15, 0.2) is 200 Å². The summed E-state index contributed by atoms with van der Waals surface area (Å²) >= 11 is 0. The van der Waals surface area contributed by atoms with Gasteiger partial charge in [-0.15, -0.1) is 0 Å². The van der Waals surface area contributed by atoms with Crippen molar-refractivity contribution in [3.8, 4) is 50.7 Å². The first-order valence-electron chi connectivity index (χ1n) is 18.7. The van der Waals surface area contributed by atoms with Gasteiger partial charge in [0.25, 0.3) is 0 Å². The second kappa shape index (κ2) is 12.6. The maximum absolute atomic E-state index is 5.15. The quantitative estimate of drug-likeness (QED) is 0.167. The molecule has 0 saturated carbocycles. The molecule has 256 valence electrons. The van der Waals surface area contributed by atoms with E-state index in [1.54, 1.807) is 0 Å². The lowest BCUT2D eigenvalue weighted by Gasteiger charge is -2.14. The molecule has 0 aliphatic heterocycles. The molecule has 0 bridgehead atoms. The number of para-hydroxylation sites is 1. The minimum atomic E-state index is 0.704. The van der Waals surface area contributed by atoms with Gasteiger partial charge in [-0.1, -0.05) is 170 Å². The van der Waals surface area contributed by atoms with Crippen LogP contribution in [0.5, 0.6) is 0 Å². The highest BCUT2D eigenvalue weighted by atomic mass is 15.0. The maximum Gasteiger partial charge on any atom is 0.160 e. The van der Waals surface area contributed by atoms with Crippen molar-refractivity contribution in [2.75, 3.05) is 0 Å². The summed E-state index contributed by atoms with van der Waals surface area (Å²) < 4.78 is 2.45. The number of hydrogen-bond donors (Lipinski definition) is 0. The van der Waals surface area contributed by atoms with Crippen molar-refractivity contribution in [1.29, 1.82) is 0 Å². The standard InChI is InChI=1S/C52H33N3/c1-3-14-34(15-4-1)38-19-13-20-39(32-38)47-33-46(53-52(54-47)37-17-5-2-6-18-37)36-26-29-40(30-27-36)55-48-25-12-11-24-44(48)50-45-31-28-35-16-7-8-21-41(35)49(45)42-22-9-10-23-43(42)51(50)55/h1-33H. The van der Waals surface area contributed by atoms with Crippen LogP contribution in [0.4, 0.5) is 0 Å². The van der Waals surface area contributed by atoms with Gasteiger partial charge in [0.05, 0.1) is 22.4 Å². The molecule has 3 heteroatoms. The summed E-state index contributed by atoms with van der Waals surface area (Å²) in [5.41, 5.74) is 10.7. The van der Waals surface area contributed by atoms with E-state index in [-0.39, 0.29) is 0 Å². The largest absolute Gasteiger partial charge is 0.309 e. The van der Waals surface area contributed by atoms with Crippen molar-refractivity contribution in [2.45, 2.75) is 0 Å². The molecule has 0 aliphatic carbocycles.